The summed E-state index contributed by atoms with van der Waals surface area (Å²) in [5.41, 5.74) is -0.0410. The van der Waals surface area contributed by atoms with Crippen LogP contribution in [0.5, 0.6) is 0 Å². The largest absolute Gasteiger partial charge is 0.463 e. The number of esters is 2. The van der Waals surface area contributed by atoms with Crippen molar-refractivity contribution in [3.05, 3.63) is 29.8 Å². The molecular formula is C25H37NO6. The van der Waals surface area contributed by atoms with Gasteiger partial charge in [0, 0.05) is 31.1 Å². The lowest BCUT2D eigenvalue weighted by molar-refractivity contribution is -0.176. The highest BCUT2D eigenvalue weighted by molar-refractivity contribution is 6.02. The van der Waals surface area contributed by atoms with Gasteiger partial charge in [0.25, 0.3) is 0 Å². The Morgan fingerprint density at radius 2 is 1.53 bits per heavy atom. The standard InChI is InChI=1S/C25H37NO6/c1-8-26(9-2)18-12-10-17(11-13-18)20-21(23(28)31-15(3)4)19(27)14-25(7,30)22(20)24(29)32-16(5)6/h10-13,15-16,20-22,30H,8-9,14H2,1-7H3/t20-,21+,22+,25-/m1/s1. The van der Waals surface area contributed by atoms with Crippen LogP contribution in [0.25, 0.3) is 0 Å². The number of ether oxygens (including phenoxy) is 2. The SMILES string of the molecule is CCN(CC)c1ccc([C@@H]2[C@@H](C(=O)OC(C)C)C(=O)C[C@@](C)(O)[C@@H]2C(=O)OC(C)C)cc1. The Balaban J connectivity index is 2.60. The normalized spacial score (nSPS) is 25.7. The molecule has 178 valence electrons. The van der Waals surface area contributed by atoms with Gasteiger partial charge in [0.2, 0.25) is 0 Å². The summed E-state index contributed by atoms with van der Waals surface area (Å²) in [5.74, 6) is -4.92. The zero-order valence-corrected chi connectivity index (χ0v) is 20.3. The Morgan fingerprint density at radius 3 is 2.00 bits per heavy atom. The number of hydrogen-bond donors (Lipinski definition) is 1. The molecule has 1 aliphatic rings. The molecule has 4 atom stereocenters. The van der Waals surface area contributed by atoms with E-state index >= 15 is 0 Å². The number of anilines is 1. The van der Waals surface area contributed by atoms with Crippen LogP contribution >= 0.6 is 0 Å². The summed E-state index contributed by atoms with van der Waals surface area (Å²) < 4.78 is 10.8. The molecule has 0 radical (unpaired) electrons. The molecule has 2 rings (SSSR count). The van der Waals surface area contributed by atoms with Gasteiger partial charge in [-0.15, -0.1) is 0 Å². The minimum atomic E-state index is -1.65. The summed E-state index contributed by atoms with van der Waals surface area (Å²) in [6.45, 7) is 14.1. The number of carbonyl (C=O) groups is 3. The van der Waals surface area contributed by atoms with Gasteiger partial charge in [0.05, 0.1) is 23.7 Å². The number of carbonyl (C=O) groups excluding carboxylic acids is 3. The van der Waals surface area contributed by atoms with Crippen molar-refractivity contribution in [2.75, 3.05) is 18.0 Å². The topological polar surface area (TPSA) is 93.1 Å². The van der Waals surface area contributed by atoms with E-state index in [-0.39, 0.29) is 6.42 Å². The maximum Gasteiger partial charge on any atom is 0.317 e. The van der Waals surface area contributed by atoms with Crippen molar-refractivity contribution in [1.82, 2.24) is 0 Å². The van der Waals surface area contributed by atoms with Crippen molar-refractivity contribution in [1.29, 1.82) is 0 Å². The smallest absolute Gasteiger partial charge is 0.317 e. The Kier molecular flexibility index (Phi) is 8.46. The fourth-order valence-electron chi connectivity index (χ4n) is 4.52. The second-order valence-corrected chi connectivity index (χ2v) is 9.22. The van der Waals surface area contributed by atoms with E-state index in [1.807, 2.05) is 24.3 Å². The van der Waals surface area contributed by atoms with Gasteiger partial charge in [-0.1, -0.05) is 12.1 Å². The zero-order chi connectivity index (χ0) is 24.2. The van der Waals surface area contributed by atoms with Crippen molar-refractivity contribution in [3.8, 4) is 0 Å². The molecule has 1 N–H and O–H groups in total. The molecule has 0 aliphatic heterocycles. The van der Waals surface area contributed by atoms with Crippen LogP contribution in [-0.4, -0.2) is 53.7 Å². The Morgan fingerprint density at radius 1 is 1.03 bits per heavy atom. The summed E-state index contributed by atoms with van der Waals surface area (Å²) in [6, 6.07) is 7.45. The molecule has 1 aromatic rings. The molecule has 0 bridgehead atoms. The van der Waals surface area contributed by atoms with Gasteiger partial charge in [-0.2, -0.15) is 0 Å². The third kappa shape index (κ3) is 5.68. The minimum absolute atomic E-state index is 0.323. The minimum Gasteiger partial charge on any atom is -0.463 e. The number of Topliss-reactive ketones (excluding diaryl/α,β-unsaturated/α-hetero) is 1. The van der Waals surface area contributed by atoms with Crippen molar-refractivity contribution >= 4 is 23.4 Å². The van der Waals surface area contributed by atoms with E-state index < -0.39 is 53.3 Å². The highest BCUT2D eigenvalue weighted by Gasteiger charge is 2.57. The Labute approximate surface area is 191 Å². The number of nitrogens with zero attached hydrogens (tertiary/aromatic N) is 1. The van der Waals surface area contributed by atoms with Gasteiger partial charge in [0.1, 0.15) is 5.92 Å². The van der Waals surface area contributed by atoms with Crippen molar-refractivity contribution in [3.63, 3.8) is 0 Å². The van der Waals surface area contributed by atoms with E-state index in [4.69, 9.17) is 9.47 Å². The number of rotatable bonds is 8. The van der Waals surface area contributed by atoms with Crippen molar-refractivity contribution < 1.29 is 29.0 Å². The molecule has 0 heterocycles. The van der Waals surface area contributed by atoms with Crippen LogP contribution < -0.4 is 4.90 Å². The van der Waals surface area contributed by atoms with Gasteiger partial charge >= 0.3 is 11.9 Å². The molecule has 0 unspecified atom stereocenters. The Hall–Kier alpha value is -2.41. The predicted octanol–water partition coefficient (Wildman–Crippen LogP) is 3.48. The highest BCUT2D eigenvalue weighted by Crippen LogP contribution is 2.47. The summed E-state index contributed by atoms with van der Waals surface area (Å²) in [5, 5.41) is 11.1. The quantitative estimate of drug-likeness (QED) is 0.482. The van der Waals surface area contributed by atoms with Gasteiger partial charge < -0.3 is 19.5 Å². The van der Waals surface area contributed by atoms with Crippen LogP contribution in [0.3, 0.4) is 0 Å². The van der Waals surface area contributed by atoms with E-state index in [9.17, 15) is 19.5 Å². The van der Waals surface area contributed by atoms with Crippen LogP contribution in [0.1, 0.15) is 66.4 Å². The first-order valence-electron chi connectivity index (χ1n) is 11.4. The van der Waals surface area contributed by atoms with Crippen molar-refractivity contribution in [2.24, 2.45) is 11.8 Å². The summed E-state index contributed by atoms with van der Waals surface area (Å²) in [4.78, 5) is 41.3. The molecule has 0 aromatic heterocycles. The monoisotopic (exact) mass is 447 g/mol. The van der Waals surface area contributed by atoms with E-state index in [2.05, 4.69) is 18.7 Å². The summed E-state index contributed by atoms with van der Waals surface area (Å²) in [6.07, 6.45) is -1.14. The predicted molar refractivity (Wildman–Crippen MR) is 122 cm³/mol. The van der Waals surface area contributed by atoms with Crippen LogP contribution in [0.2, 0.25) is 0 Å². The molecule has 7 heteroatoms. The molecule has 1 fully saturated rings. The molecular weight excluding hydrogens is 410 g/mol. The molecule has 32 heavy (non-hydrogen) atoms. The fourth-order valence-corrected chi connectivity index (χ4v) is 4.52. The molecule has 7 nitrogen and oxygen atoms in total. The molecule has 1 aromatic carbocycles. The lowest BCUT2D eigenvalue weighted by Crippen LogP contribution is -2.55. The second-order valence-electron chi connectivity index (χ2n) is 9.22. The maximum absolute atomic E-state index is 13.1. The third-order valence-corrected chi connectivity index (χ3v) is 5.89. The fraction of sp³-hybridized carbons (Fsp3) is 0.640. The summed E-state index contributed by atoms with van der Waals surface area (Å²) >= 11 is 0. The molecule has 0 spiro atoms. The van der Waals surface area contributed by atoms with Crippen molar-refractivity contribution in [2.45, 2.75) is 78.6 Å². The lowest BCUT2D eigenvalue weighted by Gasteiger charge is -2.44. The van der Waals surface area contributed by atoms with Crippen LogP contribution in [0.15, 0.2) is 24.3 Å². The highest BCUT2D eigenvalue weighted by atomic mass is 16.5. The van der Waals surface area contributed by atoms with E-state index in [1.54, 1.807) is 27.7 Å². The molecule has 1 aliphatic carbocycles. The third-order valence-electron chi connectivity index (χ3n) is 5.89. The van der Waals surface area contributed by atoms with Crippen LogP contribution in [0.4, 0.5) is 5.69 Å². The number of ketones is 1. The van der Waals surface area contributed by atoms with Crippen LogP contribution in [0, 0.1) is 11.8 Å². The Bertz CT molecular complexity index is 802. The summed E-state index contributed by atoms with van der Waals surface area (Å²) in [7, 11) is 0. The first-order chi connectivity index (χ1) is 14.9. The molecule has 1 saturated carbocycles. The van der Waals surface area contributed by atoms with E-state index in [1.165, 1.54) is 6.92 Å². The molecule has 0 amide bonds. The van der Waals surface area contributed by atoms with E-state index in [0.717, 1.165) is 18.8 Å². The number of benzene rings is 1. The first-order valence-corrected chi connectivity index (χ1v) is 11.4. The maximum atomic E-state index is 13.1. The second kappa shape index (κ2) is 10.5. The van der Waals surface area contributed by atoms with Gasteiger partial charge in [-0.05, 0) is 66.2 Å². The lowest BCUT2D eigenvalue weighted by atomic mass is 9.61. The average Bonchev–Trinajstić information content (AvgIpc) is 2.66. The first kappa shape index (κ1) is 25.8. The number of hydrogen-bond acceptors (Lipinski definition) is 7. The van der Waals surface area contributed by atoms with Gasteiger partial charge in [-0.25, -0.2) is 0 Å². The average molecular weight is 448 g/mol. The molecule has 0 saturated heterocycles. The van der Waals surface area contributed by atoms with Crippen LogP contribution in [-0.2, 0) is 23.9 Å². The zero-order valence-electron chi connectivity index (χ0n) is 20.3. The van der Waals surface area contributed by atoms with Gasteiger partial charge in [0.15, 0.2) is 5.78 Å². The number of aliphatic hydroxyl groups is 1. The van der Waals surface area contributed by atoms with Gasteiger partial charge in [-0.3, -0.25) is 14.4 Å². The van der Waals surface area contributed by atoms with E-state index in [0.29, 0.717) is 5.56 Å².